The number of aliphatic carboxylic acids is 2. The molecule has 0 heterocycles. The van der Waals surface area contributed by atoms with Crippen molar-refractivity contribution in [1.82, 2.24) is 0 Å². The van der Waals surface area contributed by atoms with E-state index in [1.165, 1.54) is 0 Å². The number of hydrogen-bond acceptors (Lipinski definition) is 4. The third-order valence-electron chi connectivity index (χ3n) is 0.805. The van der Waals surface area contributed by atoms with Crippen LogP contribution >= 0.6 is 0 Å². The molecule has 4 N–H and O–H groups in total. The van der Waals surface area contributed by atoms with Crippen molar-refractivity contribution in [2.45, 2.75) is 12.2 Å². The van der Waals surface area contributed by atoms with E-state index in [-0.39, 0.29) is 17.1 Å². The summed E-state index contributed by atoms with van der Waals surface area (Å²) in [7, 11) is 0. The van der Waals surface area contributed by atoms with Gasteiger partial charge in [0.05, 0.1) is 0 Å². The van der Waals surface area contributed by atoms with Crippen LogP contribution in [0.5, 0.6) is 0 Å². The van der Waals surface area contributed by atoms with Crippen molar-refractivity contribution in [3.63, 3.8) is 0 Å². The Balaban J connectivity index is 0. The Kier molecular flexibility index (Phi) is 6.01. The van der Waals surface area contributed by atoms with E-state index < -0.39 is 24.1 Å². The average Bonchev–Trinajstić information content (AvgIpc) is 1.84. The van der Waals surface area contributed by atoms with E-state index in [0.29, 0.717) is 0 Å². The molecule has 65 valence electrons. The monoisotopic (exact) mass is 205 g/mol. The third kappa shape index (κ3) is 3.94. The van der Waals surface area contributed by atoms with E-state index in [4.69, 9.17) is 20.4 Å². The van der Waals surface area contributed by atoms with Gasteiger partial charge in [-0.15, -0.1) is 0 Å². The van der Waals surface area contributed by atoms with E-state index in [0.717, 1.165) is 0 Å². The van der Waals surface area contributed by atoms with Gasteiger partial charge in [0.2, 0.25) is 0 Å². The molecule has 0 aliphatic carbocycles. The van der Waals surface area contributed by atoms with Crippen LogP contribution in [0.4, 0.5) is 0 Å². The number of carboxylic acids is 2. The first-order valence-corrected chi connectivity index (χ1v) is 2.28. The smallest absolute Gasteiger partial charge is 0.335 e. The fourth-order valence-electron chi connectivity index (χ4n) is 0.270. The minimum absolute atomic E-state index is 0. The van der Waals surface area contributed by atoms with Gasteiger partial charge in [-0.05, 0) is 0 Å². The molecule has 0 spiro atoms. The molecule has 0 amide bonds. The standard InChI is InChI=1S/C4H6O6.Mn/c5-1(3(7)8)2(6)4(9)10;/h1-2,5-6H,(H,7,8)(H,9,10);. The Bertz CT molecular complexity index is 139. The molecule has 0 saturated carbocycles. The molecule has 2 unspecified atom stereocenters. The summed E-state index contributed by atoms with van der Waals surface area (Å²) < 4.78 is 0. The minimum atomic E-state index is -2.27. The summed E-state index contributed by atoms with van der Waals surface area (Å²) in [5.41, 5.74) is 0. The zero-order valence-electron chi connectivity index (χ0n) is 5.14. The summed E-state index contributed by atoms with van der Waals surface area (Å²) in [6.45, 7) is 0. The fraction of sp³-hybridized carbons (Fsp3) is 0.500. The van der Waals surface area contributed by atoms with E-state index in [1.807, 2.05) is 0 Å². The van der Waals surface area contributed by atoms with Gasteiger partial charge in [-0.3, -0.25) is 0 Å². The second-order valence-corrected chi connectivity index (χ2v) is 1.57. The first kappa shape index (κ1) is 13.0. The van der Waals surface area contributed by atoms with Crippen molar-refractivity contribution in [1.29, 1.82) is 0 Å². The number of aliphatic hydroxyl groups excluding tert-OH is 2. The van der Waals surface area contributed by atoms with Crippen LogP contribution in [-0.2, 0) is 26.7 Å². The molecule has 0 rings (SSSR count). The second-order valence-electron chi connectivity index (χ2n) is 1.57. The summed E-state index contributed by atoms with van der Waals surface area (Å²) in [6, 6.07) is 0. The summed E-state index contributed by atoms with van der Waals surface area (Å²) in [5, 5.41) is 32.5. The number of aliphatic hydroxyl groups is 2. The SMILES string of the molecule is O=C(O)C(O)C(O)C(=O)O.[Mn]. The predicted octanol–water partition coefficient (Wildman–Crippen LogP) is -2.13. The van der Waals surface area contributed by atoms with E-state index in [2.05, 4.69) is 0 Å². The van der Waals surface area contributed by atoms with Crippen molar-refractivity contribution in [3.8, 4) is 0 Å². The molecule has 0 saturated heterocycles. The molecule has 6 nitrogen and oxygen atoms in total. The average molecular weight is 205 g/mol. The van der Waals surface area contributed by atoms with Crippen LogP contribution in [0, 0.1) is 0 Å². The second kappa shape index (κ2) is 5.09. The molecule has 0 fully saturated rings. The van der Waals surface area contributed by atoms with Gasteiger partial charge in [0.1, 0.15) is 0 Å². The summed E-state index contributed by atoms with van der Waals surface area (Å²) >= 11 is 0. The Morgan fingerprint density at radius 3 is 1.18 bits per heavy atom. The number of rotatable bonds is 3. The quantitative estimate of drug-likeness (QED) is 0.391. The van der Waals surface area contributed by atoms with Gasteiger partial charge in [0, 0.05) is 17.1 Å². The first-order chi connectivity index (χ1) is 4.46. The van der Waals surface area contributed by atoms with Crippen molar-refractivity contribution in [3.05, 3.63) is 0 Å². The molecule has 1 radical (unpaired) electrons. The van der Waals surface area contributed by atoms with Crippen molar-refractivity contribution < 1.29 is 47.1 Å². The van der Waals surface area contributed by atoms with Crippen molar-refractivity contribution in [2.24, 2.45) is 0 Å². The van der Waals surface area contributed by atoms with Gasteiger partial charge in [-0.2, -0.15) is 0 Å². The van der Waals surface area contributed by atoms with Crippen LogP contribution in [0.3, 0.4) is 0 Å². The molecule has 0 aliphatic heterocycles. The zero-order chi connectivity index (χ0) is 8.31. The largest absolute Gasteiger partial charge is 0.479 e. The summed E-state index contributed by atoms with van der Waals surface area (Å²) in [4.78, 5) is 19.5. The molecule has 0 aliphatic rings. The Hall–Kier alpha value is -0.621. The number of carboxylic acid groups (broad SMARTS) is 2. The molecule has 0 bridgehead atoms. The number of hydrogen-bond donors (Lipinski definition) is 4. The molecule has 0 aromatic heterocycles. The Morgan fingerprint density at radius 1 is 0.909 bits per heavy atom. The van der Waals surface area contributed by atoms with Gasteiger partial charge >= 0.3 is 11.9 Å². The normalized spacial score (nSPS) is 14.4. The molecular weight excluding hydrogens is 199 g/mol. The van der Waals surface area contributed by atoms with Gasteiger partial charge in [0.25, 0.3) is 0 Å². The maximum Gasteiger partial charge on any atom is 0.335 e. The molecular formula is C4H6MnO6. The molecule has 0 aromatic rings. The zero-order valence-corrected chi connectivity index (χ0v) is 6.32. The molecule has 7 heteroatoms. The van der Waals surface area contributed by atoms with Crippen LogP contribution in [-0.4, -0.2) is 44.6 Å². The van der Waals surface area contributed by atoms with Crippen molar-refractivity contribution in [2.75, 3.05) is 0 Å². The fourth-order valence-corrected chi connectivity index (χ4v) is 0.270. The number of carbonyl (C=O) groups is 2. The molecule has 0 aromatic carbocycles. The van der Waals surface area contributed by atoms with Crippen LogP contribution in [0.25, 0.3) is 0 Å². The van der Waals surface area contributed by atoms with Gasteiger partial charge in [-0.25, -0.2) is 9.59 Å². The third-order valence-corrected chi connectivity index (χ3v) is 0.805. The summed E-state index contributed by atoms with van der Waals surface area (Å²) in [6.07, 6.45) is -4.53. The van der Waals surface area contributed by atoms with Crippen LogP contribution in [0.1, 0.15) is 0 Å². The predicted molar refractivity (Wildman–Crippen MR) is 27.3 cm³/mol. The van der Waals surface area contributed by atoms with Gasteiger partial charge < -0.3 is 20.4 Å². The van der Waals surface area contributed by atoms with Crippen molar-refractivity contribution >= 4 is 11.9 Å². The van der Waals surface area contributed by atoms with E-state index >= 15 is 0 Å². The minimum Gasteiger partial charge on any atom is -0.479 e. The maximum absolute atomic E-state index is 9.77. The van der Waals surface area contributed by atoms with E-state index in [9.17, 15) is 9.59 Å². The summed E-state index contributed by atoms with van der Waals surface area (Å²) in [5.74, 6) is -3.54. The Labute approximate surface area is 71.9 Å². The van der Waals surface area contributed by atoms with E-state index in [1.54, 1.807) is 0 Å². The van der Waals surface area contributed by atoms with Crippen LogP contribution < -0.4 is 0 Å². The Morgan fingerprint density at radius 2 is 1.09 bits per heavy atom. The maximum atomic E-state index is 9.77. The van der Waals surface area contributed by atoms with Gasteiger partial charge in [0.15, 0.2) is 12.2 Å². The molecule has 11 heavy (non-hydrogen) atoms. The first-order valence-electron chi connectivity index (χ1n) is 2.28. The topological polar surface area (TPSA) is 115 Å². The van der Waals surface area contributed by atoms with Gasteiger partial charge in [-0.1, -0.05) is 0 Å². The molecule has 2 atom stereocenters. The van der Waals surface area contributed by atoms with Crippen LogP contribution in [0.15, 0.2) is 0 Å². The van der Waals surface area contributed by atoms with Crippen LogP contribution in [0.2, 0.25) is 0 Å².